The van der Waals surface area contributed by atoms with Gasteiger partial charge in [0.2, 0.25) is 0 Å². The lowest BCUT2D eigenvalue weighted by atomic mass is 10.2. The molecule has 0 saturated carbocycles. The predicted octanol–water partition coefficient (Wildman–Crippen LogP) is -0.218. The number of aliphatic hydroxyl groups is 1. The minimum absolute atomic E-state index is 0.149. The number of hydrogen-bond donors (Lipinski definition) is 3. The monoisotopic (exact) mass is 212 g/mol. The lowest BCUT2D eigenvalue weighted by Gasteiger charge is -2.16. The summed E-state index contributed by atoms with van der Waals surface area (Å²) < 4.78 is 1.97. The Bertz CT molecular complexity index is 274. The number of nitrogens with one attached hydrogen (secondary N) is 1. The van der Waals surface area contributed by atoms with E-state index in [1.54, 1.807) is 6.33 Å². The van der Waals surface area contributed by atoms with Crippen LogP contribution in [0.4, 0.5) is 0 Å². The van der Waals surface area contributed by atoms with E-state index in [1.807, 2.05) is 17.8 Å². The van der Waals surface area contributed by atoms with E-state index in [0.29, 0.717) is 6.54 Å². The van der Waals surface area contributed by atoms with Crippen LogP contribution in [0, 0.1) is 0 Å². The number of aryl methyl sites for hydroxylation is 1. The van der Waals surface area contributed by atoms with Gasteiger partial charge >= 0.3 is 0 Å². The van der Waals surface area contributed by atoms with Crippen LogP contribution in [-0.2, 0) is 7.05 Å². The average molecular weight is 212 g/mol. The molecule has 0 radical (unpaired) electrons. The SMILES string of the molecule is Cn1cncc1C(CN)NCCCCO. The van der Waals surface area contributed by atoms with Gasteiger partial charge in [0.05, 0.1) is 18.1 Å². The van der Waals surface area contributed by atoms with Crippen LogP contribution >= 0.6 is 0 Å². The number of aliphatic hydroxyl groups excluding tert-OH is 1. The summed E-state index contributed by atoms with van der Waals surface area (Å²) in [4.78, 5) is 4.06. The highest BCUT2D eigenvalue weighted by Gasteiger charge is 2.11. The molecule has 1 unspecified atom stereocenters. The first-order valence-corrected chi connectivity index (χ1v) is 5.30. The molecule has 5 heteroatoms. The zero-order valence-corrected chi connectivity index (χ0v) is 9.19. The molecule has 0 bridgehead atoms. The molecule has 0 aliphatic rings. The van der Waals surface area contributed by atoms with Crippen molar-refractivity contribution in [2.75, 3.05) is 19.7 Å². The maximum absolute atomic E-state index is 8.65. The van der Waals surface area contributed by atoms with Crippen LogP contribution in [0.25, 0.3) is 0 Å². The maximum atomic E-state index is 8.65. The van der Waals surface area contributed by atoms with Gasteiger partial charge in [0.25, 0.3) is 0 Å². The largest absolute Gasteiger partial charge is 0.396 e. The smallest absolute Gasteiger partial charge is 0.0946 e. The van der Waals surface area contributed by atoms with E-state index in [1.165, 1.54) is 0 Å². The second-order valence-electron chi connectivity index (χ2n) is 3.60. The maximum Gasteiger partial charge on any atom is 0.0946 e. The van der Waals surface area contributed by atoms with Crippen molar-refractivity contribution in [2.24, 2.45) is 12.8 Å². The van der Waals surface area contributed by atoms with Gasteiger partial charge in [0.15, 0.2) is 0 Å². The van der Waals surface area contributed by atoms with Crippen LogP contribution in [0.1, 0.15) is 24.6 Å². The molecular formula is C10H20N4O. The van der Waals surface area contributed by atoms with E-state index in [0.717, 1.165) is 25.1 Å². The number of hydrogen-bond acceptors (Lipinski definition) is 4. The summed E-state index contributed by atoms with van der Waals surface area (Å²) in [6.45, 7) is 1.67. The Balaban J connectivity index is 2.39. The molecule has 0 spiro atoms. The van der Waals surface area contributed by atoms with Gasteiger partial charge in [-0.1, -0.05) is 0 Å². The highest BCUT2D eigenvalue weighted by molar-refractivity contribution is 5.05. The second-order valence-corrected chi connectivity index (χ2v) is 3.60. The summed E-state index contributed by atoms with van der Waals surface area (Å²) in [5.74, 6) is 0. The standard InChI is InChI=1S/C10H20N4O/c1-14-8-12-7-10(14)9(6-11)13-4-2-3-5-15/h7-9,13,15H,2-6,11H2,1H3. The zero-order valence-electron chi connectivity index (χ0n) is 9.19. The van der Waals surface area contributed by atoms with Crippen LogP contribution in [0.5, 0.6) is 0 Å². The van der Waals surface area contributed by atoms with E-state index >= 15 is 0 Å². The van der Waals surface area contributed by atoms with E-state index in [4.69, 9.17) is 10.8 Å². The van der Waals surface area contributed by atoms with Crippen molar-refractivity contribution < 1.29 is 5.11 Å². The highest BCUT2D eigenvalue weighted by atomic mass is 16.2. The minimum Gasteiger partial charge on any atom is -0.396 e. The number of rotatable bonds is 7. The van der Waals surface area contributed by atoms with Crippen molar-refractivity contribution in [2.45, 2.75) is 18.9 Å². The molecule has 5 nitrogen and oxygen atoms in total. The number of nitrogens with zero attached hydrogens (tertiary/aromatic N) is 2. The summed E-state index contributed by atoms with van der Waals surface area (Å²) in [7, 11) is 1.96. The summed E-state index contributed by atoms with van der Waals surface area (Å²) in [5, 5.41) is 12.0. The molecule has 1 heterocycles. The van der Waals surface area contributed by atoms with Gasteiger partial charge in [0, 0.05) is 26.4 Å². The first-order valence-electron chi connectivity index (χ1n) is 5.30. The fourth-order valence-corrected chi connectivity index (χ4v) is 1.52. The third kappa shape index (κ3) is 3.62. The van der Waals surface area contributed by atoms with Crippen LogP contribution in [-0.4, -0.2) is 34.4 Å². The van der Waals surface area contributed by atoms with E-state index in [9.17, 15) is 0 Å². The normalized spacial score (nSPS) is 13.0. The Morgan fingerprint density at radius 2 is 2.40 bits per heavy atom. The predicted molar refractivity (Wildman–Crippen MR) is 59.3 cm³/mol. The molecule has 86 valence electrons. The highest BCUT2D eigenvalue weighted by Crippen LogP contribution is 2.09. The molecule has 0 amide bonds. The van der Waals surface area contributed by atoms with Gasteiger partial charge in [-0.25, -0.2) is 4.98 Å². The third-order valence-electron chi connectivity index (χ3n) is 2.42. The van der Waals surface area contributed by atoms with E-state index < -0.39 is 0 Å². The molecule has 1 atom stereocenters. The van der Waals surface area contributed by atoms with Crippen LogP contribution in [0.2, 0.25) is 0 Å². The van der Waals surface area contributed by atoms with Crippen molar-refractivity contribution in [3.63, 3.8) is 0 Å². The minimum atomic E-state index is 0.149. The molecule has 1 rings (SSSR count). The molecule has 0 saturated heterocycles. The lowest BCUT2D eigenvalue weighted by Crippen LogP contribution is -2.30. The Labute approximate surface area is 90.3 Å². The van der Waals surface area contributed by atoms with Crippen LogP contribution in [0.15, 0.2) is 12.5 Å². The van der Waals surface area contributed by atoms with E-state index in [2.05, 4.69) is 10.3 Å². The molecule has 0 fully saturated rings. The van der Waals surface area contributed by atoms with Crippen molar-refractivity contribution in [3.8, 4) is 0 Å². The Morgan fingerprint density at radius 3 is 2.93 bits per heavy atom. The third-order valence-corrected chi connectivity index (χ3v) is 2.42. The molecular weight excluding hydrogens is 192 g/mol. The van der Waals surface area contributed by atoms with Gasteiger partial charge in [-0.05, 0) is 19.4 Å². The quantitative estimate of drug-likeness (QED) is 0.546. The first-order chi connectivity index (χ1) is 7.29. The van der Waals surface area contributed by atoms with Crippen LogP contribution in [0.3, 0.4) is 0 Å². The Hall–Kier alpha value is -0.910. The van der Waals surface area contributed by atoms with Gasteiger partial charge in [-0.2, -0.15) is 0 Å². The summed E-state index contributed by atoms with van der Waals surface area (Å²) in [6.07, 6.45) is 5.39. The van der Waals surface area contributed by atoms with Crippen molar-refractivity contribution in [1.82, 2.24) is 14.9 Å². The number of nitrogens with two attached hydrogens (primary N) is 1. The van der Waals surface area contributed by atoms with Gasteiger partial charge in [-0.15, -0.1) is 0 Å². The van der Waals surface area contributed by atoms with Crippen molar-refractivity contribution in [3.05, 3.63) is 18.2 Å². The number of unbranched alkanes of at least 4 members (excludes halogenated alkanes) is 1. The molecule has 15 heavy (non-hydrogen) atoms. The van der Waals surface area contributed by atoms with Crippen LogP contribution < -0.4 is 11.1 Å². The molecule has 1 aromatic heterocycles. The average Bonchev–Trinajstić information content (AvgIpc) is 2.65. The van der Waals surface area contributed by atoms with E-state index in [-0.39, 0.29) is 12.6 Å². The summed E-state index contributed by atoms with van der Waals surface area (Å²) >= 11 is 0. The Morgan fingerprint density at radius 1 is 1.60 bits per heavy atom. The van der Waals surface area contributed by atoms with Gasteiger partial charge in [0.1, 0.15) is 0 Å². The zero-order chi connectivity index (χ0) is 11.1. The van der Waals surface area contributed by atoms with Crippen molar-refractivity contribution >= 4 is 0 Å². The fraction of sp³-hybridized carbons (Fsp3) is 0.700. The first kappa shape index (κ1) is 12.2. The lowest BCUT2D eigenvalue weighted by molar-refractivity contribution is 0.282. The topological polar surface area (TPSA) is 76.1 Å². The summed E-state index contributed by atoms with van der Waals surface area (Å²) in [6, 6.07) is 0.149. The second kappa shape index (κ2) is 6.55. The van der Waals surface area contributed by atoms with Crippen molar-refractivity contribution in [1.29, 1.82) is 0 Å². The molecule has 0 aliphatic carbocycles. The number of imidazole rings is 1. The Kier molecular flexibility index (Phi) is 5.31. The van der Waals surface area contributed by atoms with Gasteiger partial charge < -0.3 is 20.7 Å². The molecule has 0 aliphatic heterocycles. The molecule has 1 aromatic rings. The molecule has 4 N–H and O–H groups in total. The molecule has 0 aromatic carbocycles. The number of aromatic nitrogens is 2. The fourth-order valence-electron chi connectivity index (χ4n) is 1.52. The van der Waals surface area contributed by atoms with Gasteiger partial charge in [-0.3, -0.25) is 0 Å². The summed E-state index contributed by atoms with van der Waals surface area (Å²) in [5.41, 5.74) is 6.79.